The number of allylic oxidation sites excluding steroid dienone is 1. The van der Waals surface area contributed by atoms with E-state index < -0.39 is 6.10 Å². The van der Waals surface area contributed by atoms with Crippen LogP contribution >= 0.6 is 0 Å². The number of rotatable bonds is 20. The first-order valence-electron chi connectivity index (χ1n) is 23.7. The van der Waals surface area contributed by atoms with Gasteiger partial charge in [-0.25, -0.2) is 0 Å². The van der Waals surface area contributed by atoms with Crippen molar-refractivity contribution in [2.45, 2.75) is 241 Å². The van der Waals surface area contributed by atoms with Crippen LogP contribution in [0.2, 0.25) is 0 Å². The highest BCUT2D eigenvalue weighted by Gasteiger charge is 2.72. The van der Waals surface area contributed by atoms with Gasteiger partial charge in [0.15, 0.2) is 0 Å². The van der Waals surface area contributed by atoms with Crippen LogP contribution in [-0.4, -0.2) is 23.3 Å². The van der Waals surface area contributed by atoms with Crippen molar-refractivity contribution in [2.75, 3.05) is 0 Å². The third kappa shape index (κ3) is 8.71. The molecule has 0 aromatic heterocycles. The van der Waals surface area contributed by atoms with Gasteiger partial charge >= 0.3 is 5.97 Å². The highest BCUT2D eigenvalue weighted by molar-refractivity contribution is 5.69. The van der Waals surface area contributed by atoms with Crippen LogP contribution in [0.1, 0.15) is 229 Å². The smallest absolute Gasteiger partial charge is 0.306 e. The first kappa shape index (κ1) is 43.3. The second-order valence-corrected chi connectivity index (χ2v) is 21.7. The molecule has 0 spiro atoms. The molecule has 5 aliphatic rings. The molecule has 306 valence electrons. The molecule has 1 unspecified atom stereocenters. The molecule has 5 saturated carbocycles. The van der Waals surface area contributed by atoms with Gasteiger partial charge in [-0.3, -0.25) is 4.79 Å². The zero-order valence-electron chi connectivity index (χ0n) is 36.6. The summed E-state index contributed by atoms with van der Waals surface area (Å²) in [6, 6.07) is 0. The number of aliphatic hydroxyl groups is 1. The van der Waals surface area contributed by atoms with Crippen LogP contribution < -0.4 is 0 Å². The summed E-state index contributed by atoms with van der Waals surface area (Å²) in [5.41, 5.74) is 2.08. The molecule has 53 heavy (non-hydrogen) atoms. The van der Waals surface area contributed by atoms with Gasteiger partial charge in [0.2, 0.25) is 0 Å². The van der Waals surface area contributed by atoms with Crippen LogP contribution in [0.4, 0.5) is 0 Å². The molecule has 11 atom stereocenters. The predicted molar refractivity (Wildman–Crippen MR) is 225 cm³/mol. The summed E-state index contributed by atoms with van der Waals surface area (Å²) in [5.74, 6) is 3.02. The number of carbonyl (C=O) groups is 1. The number of esters is 1. The number of hydrogen-bond acceptors (Lipinski definition) is 3. The zero-order chi connectivity index (χ0) is 38.5. The van der Waals surface area contributed by atoms with Crippen molar-refractivity contribution in [2.24, 2.45) is 56.7 Å². The van der Waals surface area contributed by atoms with Crippen molar-refractivity contribution in [3.05, 3.63) is 12.2 Å². The fraction of sp³-hybridized carbons (Fsp3) is 0.940. The van der Waals surface area contributed by atoms with Crippen LogP contribution in [0.3, 0.4) is 0 Å². The van der Waals surface area contributed by atoms with E-state index in [1.165, 1.54) is 147 Å². The van der Waals surface area contributed by atoms with Crippen LogP contribution in [0.5, 0.6) is 0 Å². The van der Waals surface area contributed by atoms with Gasteiger partial charge in [0.05, 0.1) is 6.10 Å². The lowest BCUT2D eigenvalue weighted by Crippen LogP contribution is -2.70. The Morgan fingerprint density at radius 3 is 1.75 bits per heavy atom. The van der Waals surface area contributed by atoms with E-state index in [1.54, 1.807) is 0 Å². The molecule has 0 saturated heterocycles. The average Bonchev–Trinajstić information content (AvgIpc) is 3.47. The minimum Gasteiger partial charge on any atom is -0.462 e. The number of ether oxygens (including phenoxy) is 1. The van der Waals surface area contributed by atoms with Crippen molar-refractivity contribution >= 4 is 5.97 Å². The van der Waals surface area contributed by atoms with E-state index >= 15 is 0 Å². The molecule has 0 aliphatic heterocycles. The van der Waals surface area contributed by atoms with Crippen molar-refractivity contribution in [1.82, 2.24) is 0 Å². The minimum atomic E-state index is -0.430. The number of carbonyl (C=O) groups excluding carboxylic acids is 1. The summed E-state index contributed by atoms with van der Waals surface area (Å²) in [6.07, 6.45) is 33.6. The largest absolute Gasteiger partial charge is 0.462 e. The van der Waals surface area contributed by atoms with Gasteiger partial charge in [0.1, 0.15) is 6.10 Å². The van der Waals surface area contributed by atoms with Gasteiger partial charge in [-0.2, -0.15) is 0 Å². The molecule has 3 nitrogen and oxygen atoms in total. The summed E-state index contributed by atoms with van der Waals surface area (Å²) < 4.78 is 6.64. The fourth-order valence-electron chi connectivity index (χ4n) is 14.8. The zero-order valence-corrected chi connectivity index (χ0v) is 36.6. The highest BCUT2D eigenvalue weighted by Crippen LogP contribution is 2.77. The summed E-state index contributed by atoms with van der Waals surface area (Å²) in [4.78, 5) is 13.6. The molecule has 5 aliphatic carbocycles. The third-order valence-electron chi connectivity index (χ3n) is 18.3. The molecule has 0 heterocycles. The number of fused-ring (bicyclic) bond motifs is 7. The molecule has 0 bridgehead atoms. The topological polar surface area (TPSA) is 46.5 Å². The van der Waals surface area contributed by atoms with Crippen molar-refractivity contribution in [3.63, 3.8) is 0 Å². The summed E-state index contributed by atoms with van der Waals surface area (Å²) in [5, 5.41) is 11.6. The molecule has 0 aromatic carbocycles. The van der Waals surface area contributed by atoms with Crippen LogP contribution in [0, 0.1) is 56.7 Å². The molecule has 0 amide bonds. The lowest BCUT2D eigenvalue weighted by molar-refractivity contribution is -0.277. The lowest BCUT2D eigenvalue weighted by Gasteiger charge is -2.73. The molecule has 1 N–H and O–H groups in total. The number of unbranched alkanes of at least 4 members (excludes halogenated alkanes) is 16. The maximum atomic E-state index is 13.6. The molecular weight excluding hydrogens is 649 g/mol. The highest BCUT2D eigenvalue weighted by atomic mass is 16.5. The van der Waals surface area contributed by atoms with Crippen molar-refractivity contribution in [1.29, 1.82) is 0 Å². The van der Waals surface area contributed by atoms with Gasteiger partial charge < -0.3 is 9.84 Å². The molecule has 3 heteroatoms. The van der Waals surface area contributed by atoms with E-state index in [-0.39, 0.29) is 33.7 Å². The van der Waals surface area contributed by atoms with Gasteiger partial charge in [0.25, 0.3) is 0 Å². The van der Waals surface area contributed by atoms with Crippen molar-refractivity contribution < 1.29 is 14.6 Å². The molecule has 0 aromatic rings. The molecule has 5 rings (SSSR count). The summed E-state index contributed by atoms with van der Waals surface area (Å²) >= 11 is 0. The van der Waals surface area contributed by atoms with Gasteiger partial charge in [-0.05, 0) is 116 Å². The average molecular weight is 737 g/mol. The predicted octanol–water partition coefficient (Wildman–Crippen LogP) is 14.6. The standard InChI is InChI=1S/C50H88O3/c1-10-11-12-13-14-15-16-17-18-19-20-21-22-23-24-25-26-27-44(52)53-43-36-42(51)46(4,5)40-31-33-49(8)41(50(40,43)9)29-28-39-45-38(37(2)3)30-32-47(45,6)34-35-48(39,49)7/h38-43,45,51H,2,10-36H2,1,3-9H3/t38-,39+,40+,41+,42-,43?,45+,47+,48+,49+,50-/m0/s1. The second-order valence-electron chi connectivity index (χ2n) is 21.7. The van der Waals surface area contributed by atoms with Crippen LogP contribution in [0.15, 0.2) is 12.2 Å². The van der Waals surface area contributed by atoms with Gasteiger partial charge in [-0.1, -0.05) is 163 Å². The lowest BCUT2D eigenvalue weighted by atomic mass is 9.32. The number of hydrogen-bond donors (Lipinski definition) is 1. The molecule has 5 fully saturated rings. The van der Waals surface area contributed by atoms with E-state index in [1.807, 2.05) is 0 Å². The first-order chi connectivity index (χ1) is 25.2. The van der Waals surface area contributed by atoms with Crippen molar-refractivity contribution in [3.8, 4) is 0 Å². The van der Waals surface area contributed by atoms with E-state index in [0.717, 1.165) is 31.1 Å². The van der Waals surface area contributed by atoms with Crippen LogP contribution in [-0.2, 0) is 9.53 Å². The fourth-order valence-corrected chi connectivity index (χ4v) is 14.8. The third-order valence-corrected chi connectivity index (χ3v) is 18.3. The minimum absolute atomic E-state index is 0.0151. The first-order valence-corrected chi connectivity index (χ1v) is 23.7. The van der Waals surface area contributed by atoms with E-state index in [2.05, 4.69) is 62.0 Å². The Balaban J connectivity index is 1.11. The summed E-state index contributed by atoms with van der Waals surface area (Å²) in [6.45, 7) is 24.3. The Morgan fingerprint density at radius 1 is 0.660 bits per heavy atom. The number of aliphatic hydroxyl groups excluding tert-OH is 1. The molecular formula is C50H88O3. The van der Waals surface area contributed by atoms with Gasteiger partial charge in [0, 0.05) is 18.3 Å². The Morgan fingerprint density at radius 2 is 1.21 bits per heavy atom. The Bertz CT molecular complexity index is 1190. The Kier molecular flexibility index (Phi) is 14.9. The van der Waals surface area contributed by atoms with E-state index in [4.69, 9.17) is 4.74 Å². The van der Waals surface area contributed by atoms with E-state index in [0.29, 0.717) is 36.0 Å². The normalized spacial score (nSPS) is 40.1. The molecule has 0 radical (unpaired) electrons. The van der Waals surface area contributed by atoms with Gasteiger partial charge in [-0.15, -0.1) is 0 Å². The van der Waals surface area contributed by atoms with E-state index in [9.17, 15) is 9.90 Å². The summed E-state index contributed by atoms with van der Waals surface area (Å²) in [7, 11) is 0. The quantitative estimate of drug-likeness (QED) is 0.0769. The second kappa shape index (κ2) is 18.2. The maximum Gasteiger partial charge on any atom is 0.306 e. The Labute approximate surface area is 329 Å². The van der Waals surface area contributed by atoms with Crippen LogP contribution in [0.25, 0.3) is 0 Å². The SMILES string of the molecule is C=C(C)[C@@H]1CC[C@]2(C)CC[C@]3(C)[C@H](CC[C@H]4[C@@]5(C)C(OC(=O)CCCCCCCCCCCCCCCCCCC)C[C@H](O)C(C)(C)[C@H]5CC[C@]43C)[C@@H]12. The Hall–Kier alpha value is -0.830. The monoisotopic (exact) mass is 737 g/mol. The maximum absolute atomic E-state index is 13.6.